The number of rotatable bonds is 4. The molecule has 0 amide bonds. The van der Waals surface area contributed by atoms with Gasteiger partial charge in [0.2, 0.25) is 0 Å². The highest BCUT2D eigenvalue weighted by Gasteiger charge is 2.42. The Labute approximate surface area is 95.6 Å². The number of carbonyl (C=O) groups excluding carboxylic acids is 1. The third kappa shape index (κ3) is 3.45. The summed E-state index contributed by atoms with van der Waals surface area (Å²) >= 11 is 0. The molecule has 0 atom stereocenters. The third-order valence-electron chi connectivity index (χ3n) is 3.11. The lowest BCUT2D eigenvalue weighted by Crippen LogP contribution is -2.30. The van der Waals surface area contributed by atoms with E-state index >= 15 is 0 Å². The molecule has 0 aromatic carbocycles. The van der Waals surface area contributed by atoms with Crippen molar-refractivity contribution >= 4 is 13.4 Å². The molecule has 1 fully saturated rings. The van der Waals surface area contributed by atoms with E-state index in [-0.39, 0.29) is 5.78 Å². The highest BCUT2D eigenvalue weighted by atomic mass is 31.2. The molecule has 1 rings (SSSR count). The fraction of sp³-hybridized carbons (Fsp3) is 0.727. The number of hydrogen-bond donors (Lipinski definition) is 2. The van der Waals surface area contributed by atoms with E-state index in [2.05, 4.69) is 11.8 Å². The maximum atomic E-state index is 11.9. The zero-order valence-electron chi connectivity index (χ0n) is 9.40. The first kappa shape index (κ1) is 13.4. The summed E-state index contributed by atoms with van der Waals surface area (Å²) in [5, 5.41) is 0. The Morgan fingerprint density at radius 3 is 2.38 bits per heavy atom. The van der Waals surface area contributed by atoms with Gasteiger partial charge in [-0.15, -0.1) is 11.8 Å². The van der Waals surface area contributed by atoms with Crippen LogP contribution in [0.15, 0.2) is 0 Å². The van der Waals surface area contributed by atoms with Gasteiger partial charge < -0.3 is 9.79 Å². The molecule has 4 nitrogen and oxygen atoms in total. The van der Waals surface area contributed by atoms with E-state index in [1.807, 2.05) is 0 Å². The molecule has 0 aliphatic heterocycles. The van der Waals surface area contributed by atoms with Crippen LogP contribution in [0, 0.1) is 17.3 Å². The van der Waals surface area contributed by atoms with Crippen LogP contribution in [0.25, 0.3) is 0 Å². The molecular formula is C11H17O4P. The minimum Gasteiger partial charge on any atom is -0.324 e. The largest absolute Gasteiger partial charge is 0.332 e. The Balaban J connectivity index is 2.80. The third-order valence-corrected chi connectivity index (χ3v) is 3.80. The average molecular weight is 244 g/mol. The Kier molecular flexibility index (Phi) is 4.32. The fourth-order valence-corrected chi connectivity index (χ4v) is 2.93. The SMILES string of the molecule is CC#CCC1(C(=O)CP(=O)(O)O)CCCC1. The molecule has 0 aromatic rings. The molecule has 0 heterocycles. The van der Waals surface area contributed by atoms with Crippen molar-refractivity contribution < 1.29 is 19.1 Å². The summed E-state index contributed by atoms with van der Waals surface area (Å²) in [6.45, 7) is 1.70. The van der Waals surface area contributed by atoms with Gasteiger partial charge >= 0.3 is 7.60 Å². The Bertz CT molecular complexity index is 365. The molecule has 0 radical (unpaired) electrons. The van der Waals surface area contributed by atoms with Crippen LogP contribution in [0.1, 0.15) is 39.0 Å². The molecule has 0 bridgehead atoms. The van der Waals surface area contributed by atoms with Crippen molar-refractivity contribution in [2.75, 3.05) is 6.16 Å². The molecule has 0 unspecified atom stereocenters. The summed E-state index contributed by atoms with van der Waals surface area (Å²) in [6, 6.07) is 0. The van der Waals surface area contributed by atoms with E-state index in [0.29, 0.717) is 19.3 Å². The number of hydrogen-bond acceptors (Lipinski definition) is 2. The minimum atomic E-state index is -4.25. The topological polar surface area (TPSA) is 74.6 Å². The lowest BCUT2D eigenvalue weighted by molar-refractivity contribution is -0.125. The zero-order valence-corrected chi connectivity index (χ0v) is 10.3. The number of carbonyl (C=O) groups is 1. The van der Waals surface area contributed by atoms with E-state index in [9.17, 15) is 9.36 Å². The van der Waals surface area contributed by atoms with Crippen molar-refractivity contribution in [1.29, 1.82) is 0 Å². The van der Waals surface area contributed by atoms with Crippen LogP contribution < -0.4 is 0 Å². The molecule has 0 saturated heterocycles. The zero-order chi connectivity index (χ0) is 12.2. The maximum absolute atomic E-state index is 11.9. The van der Waals surface area contributed by atoms with Gasteiger partial charge in [-0.05, 0) is 19.8 Å². The van der Waals surface area contributed by atoms with Gasteiger partial charge in [0.25, 0.3) is 0 Å². The van der Waals surface area contributed by atoms with Gasteiger partial charge in [-0.2, -0.15) is 0 Å². The van der Waals surface area contributed by atoms with Crippen LogP contribution in [0.5, 0.6) is 0 Å². The van der Waals surface area contributed by atoms with Crippen molar-refractivity contribution in [1.82, 2.24) is 0 Å². The van der Waals surface area contributed by atoms with Crippen LogP contribution in [-0.2, 0) is 9.36 Å². The summed E-state index contributed by atoms with van der Waals surface area (Å²) in [5.74, 6) is 5.30. The van der Waals surface area contributed by atoms with Crippen LogP contribution in [0.2, 0.25) is 0 Å². The summed E-state index contributed by atoms with van der Waals surface area (Å²) in [7, 11) is -4.25. The second-order valence-electron chi connectivity index (χ2n) is 4.34. The highest BCUT2D eigenvalue weighted by molar-refractivity contribution is 7.52. The Morgan fingerprint density at radius 1 is 1.38 bits per heavy atom. The molecule has 0 spiro atoms. The van der Waals surface area contributed by atoms with Gasteiger partial charge in [0.05, 0.1) is 0 Å². The van der Waals surface area contributed by atoms with Crippen molar-refractivity contribution in [3.8, 4) is 11.8 Å². The van der Waals surface area contributed by atoms with Crippen LogP contribution in [0.3, 0.4) is 0 Å². The molecular weight excluding hydrogens is 227 g/mol. The van der Waals surface area contributed by atoms with E-state index in [4.69, 9.17) is 9.79 Å². The first-order valence-electron chi connectivity index (χ1n) is 5.37. The van der Waals surface area contributed by atoms with Gasteiger partial charge in [-0.3, -0.25) is 9.36 Å². The predicted octanol–water partition coefficient (Wildman–Crippen LogP) is 1.71. The smallest absolute Gasteiger partial charge is 0.324 e. The van der Waals surface area contributed by atoms with E-state index in [1.54, 1.807) is 6.92 Å². The van der Waals surface area contributed by atoms with Gasteiger partial charge in [0.15, 0.2) is 5.78 Å². The van der Waals surface area contributed by atoms with E-state index in [0.717, 1.165) is 12.8 Å². The number of ketones is 1. The van der Waals surface area contributed by atoms with Crippen molar-refractivity contribution in [3.05, 3.63) is 0 Å². The molecule has 1 aliphatic rings. The van der Waals surface area contributed by atoms with Crippen molar-refractivity contribution in [2.24, 2.45) is 5.41 Å². The summed E-state index contributed by atoms with van der Waals surface area (Å²) in [4.78, 5) is 29.6. The monoisotopic (exact) mass is 244 g/mol. The summed E-state index contributed by atoms with van der Waals surface area (Å²) < 4.78 is 10.9. The molecule has 1 aliphatic carbocycles. The minimum absolute atomic E-state index is 0.318. The molecule has 90 valence electrons. The lowest BCUT2D eigenvalue weighted by atomic mass is 9.79. The Hall–Kier alpha value is -0.620. The van der Waals surface area contributed by atoms with Crippen LogP contribution >= 0.6 is 7.60 Å². The average Bonchev–Trinajstić information content (AvgIpc) is 2.61. The second-order valence-corrected chi connectivity index (χ2v) is 5.98. The fourth-order valence-electron chi connectivity index (χ4n) is 2.22. The van der Waals surface area contributed by atoms with Gasteiger partial charge in [-0.1, -0.05) is 12.8 Å². The quantitative estimate of drug-likeness (QED) is 0.583. The molecule has 0 aromatic heterocycles. The summed E-state index contributed by atoms with van der Waals surface area (Å²) in [5.41, 5.74) is -0.593. The van der Waals surface area contributed by atoms with Crippen LogP contribution in [-0.4, -0.2) is 21.7 Å². The summed E-state index contributed by atoms with van der Waals surface area (Å²) in [6.07, 6.45) is 3.10. The van der Waals surface area contributed by atoms with Gasteiger partial charge in [0, 0.05) is 11.8 Å². The number of Topliss-reactive ketones (excluding diaryl/α,β-unsaturated/α-hetero) is 1. The van der Waals surface area contributed by atoms with Crippen molar-refractivity contribution in [2.45, 2.75) is 39.0 Å². The Morgan fingerprint density at radius 2 is 1.94 bits per heavy atom. The second kappa shape index (κ2) is 5.14. The molecule has 16 heavy (non-hydrogen) atoms. The standard InChI is InChI=1S/C11H17O4P/c1-2-3-6-11(7-4-5-8-11)10(12)9-16(13,14)15/h4-9H2,1H3,(H2,13,14,15). The maximum Gasteiger partial charge on any atom is 0.332 e. The normalized spacial score (nSPS) is 18.9. The van der Waals surface area contributed by atoms with Gasteiger partial charge in [0.1, 0.15) is 6.16 Å². The van der Waals surface area contributed by atoms with E-state index in [1.165, 1.54) is 0 Å². The molecule has 2 N–H and O–H groups in total. The van der Waals surface area contributed by atoms with E-state index < -0.39 is 19.2 Å². The van der Waals surface area contributed by atoms with Crippen molar-refractivity contribution in [3.63, 3.8) is 0 Å². The van der Waals surface area contributed by atoms with Gasteiger partial charge in [-0.25, -0.2) is 0 Å². The molecule has 1 saturated carbocycles. The first-order chi connectivity index (χ1) is 7.40. The van der Waals surface area contributed by atoms with Crippen LogP contribution in [0.4, 0.5) is 0 Å². The predicted molar refractivity (Wildman–Crippen MR) is 60.9 cm³/mol. The molecule has 5 heteroatoms. The first-order valence-corrected chi connectivity index (χ1v) is 7.17. The lowest BCUT2D eigenvalue weighted by Gasteiger charge is -2.25. The highest BCUT2D eigenvalue weighted by Crippen LogP contribution is 2.45.